The van der Waals surface area contributed by atoms with Crippen molar-refractivity contribution in [3.63, 3.8) is 0 Å². The number of thioether (sulfide) groups is 1. The highest BCUT2D eigenvalue weighted by Crippen LogP contribution is 2.33. The average molecular weight is 612 g/mol. The Morgan fingerprint density at radius 1 is 0.972 bits per heavy atom. The number of benzene rings is 3. The van der Waals surface area contributed by atoms with E-state index < -0.39 is 11.1 Å². The van der Waals surface area contributed by atoms with Crippen molar-refractivity contribution in [3.05, 3.63) is 80.3 Å². The summed E-state index contributed by atoms with van der Waals surface area (Å²) in [6.45, 7) is 1.64. The maximum atomic E-state index is 12.9. The van der Waals surface area contributed by atoms with Gasteiger partial charge in [-0.1, -0.05) is 42.5 Å². The van der Waals surface area contributed by atoms with E-state index >= 15 is 0 Å². The first-order chi connectivity index (χ1) is 17.5. The van der Waals surface area contributed by atoms with Crippen LogP contribution in [-0.4, -0.2) is 46.5 Å². The van der Waals surface area contributed by atoms with Gasteiger partial charge in [0.25, 0.3) is 11.1 Å². The van der Waals surface area contributed by atoms with Crippen LogP contribution in [0.25, 0.3) is 16.8 Å². The van der Waals surface area contributed by atoms with Crippen molar-refractivity contribution in [2.75, 3.05) is 19.6 Å². The normalized spacial score (nSPS) is 17.3. The van der Waals surface area contributed by atoms with Crippen molar-refractivity contribution in [1.82, 2.24) is 9.80 Å². The van der Waals surface area contributed by atoms with Crippen LogP contribution >= 0.6 is 34.4 Å². The number of hydrogen-bond acceptors (Lipinski definition) is 5. The number of amides is 3. The molecule has 0 saturated carbocycles. The number of rotatable bonds is 6. The molecule has 8 heteroatoms. The first-order valence-electron chi connectivity index (χ1n) is 11.9. The third-order valence-corrected chi connectivity index (χ3v) is 8.09. The van der Waals surface area contributed by atoms with Crippen LogP contribution in [-0.2, 0) is 16.2 Å². The van der Waals surface area contributed by atoms with E-state index in [0.717, 1.165) is 56.4 Å². The predicted molar refractivity (Wildman–Crippen MR) is 151 cm³/mol. The molecule has 0 radical (unpaired) electrons. The highest BCUT2D eigenvalue weighted by molar-refractivity contribution is 14.1. The summed E-state index contributed by atoms with van der Waals surface area (Å²) in [5, 5.41) is 1.97. The van der Waals surface area contributed by atoms with Gasteiger partial charge in [0.15, 0.2) is 0 Å². The third-order valence-electron chi connectivity index (χ3n) is 6.34. The van der Waals surface area contributed by atoms with Gasteiger partial charge in [0.05, 0.1) is 8.48 Å². The number of hydrogen-bond donors (Lipinski definition) is 0. The zero-order valence-electron chi connectivity index (χ0n) is 19.6. The van der Waals surface area contributed by atoms with Crippen LogP contribution in [0.3, 0.4) is 0 Å². The molecule has 2 heterocycles. The number of piperidine rings is 1. The molecule has 6 nitrogen and oxygen atoms in total. The minimum absolute atomic E-state index is 0.166. The molecule has 0 aliphatic carbocycles. The molecule has 0 atom stereocenters. The quantitative estimate of drug-likeness (QED) is 0.250. The molecule has 3 amide bonds. The van der Waals surface area contributed by atoms with Crippen LogP contribution in [0.1, 0.15) is 30.4 Å². The molecule has 3 aromatic carbocycles. The van der Waals surface area contributed by atoms with Crippen molar-refractivity contribution in [3.8, 4) is 5.75 Å². The summed E-state index contributed by atoms with van der Waals surface area (Å²) in [5.41, 5.74) is 1.88. The first kappa shape index (κ1) is 24.8. The van der Waals surface area contributed by atoms with E-state index in [1.54, 1.807) is 11.0 Å². The largest absolute Gasteiger partial charge is 0.488 e. The molecule has 36 heavy (non-hydrogen) atoms. The van der Waals surface area contributed by atoms with E-state index in [1.165, 1.54) is 10.8 Å². The molecule has 0 spiro atoms. The Morgan fingerprint density at radius 3 is 2.53 bits per heavy atom. The Morgan fingerprint density at radius 2 is 1.75 bits per heavy atom. The fourth-order valence-electron chi connectivity index (χ4n) is 4.38. The van der Waals surface area contributed by atoms with Gasteiger partial charge in [-0.05, 0) is 99.8 Å². The van der Waals surface area contributed by atoms with Gasteiger partial charge >= 0.3 is 0 Å². The highest BCUT2D eigenvalue weighted by Gasteiger charge is 2.37. The second-order valence-electron chi connectivity index (χ2n) is 8.87. The smallest absolute Gasteiger partial charge is 0.294 e. The number of nitrogens with zero attached hydrogens (tertiary/aromatic N) is 2. The number of fused-ring (bicyclic) bond motifs is 1. The lowest BCUT2D eigenvalue weighted by Gasteiger charge is -2.27. The summed E-state index contributed by atoms with van der Waals surface area (Å²) in [5.74, 6) is 0.170. The van der Waals surface area contributed by atoms with E-state index in [0.29, 0.717) is 24.6 Å². The van der Waals surface area contributed by atoms with Crippen LogP contribution in [0, 0.1) is 3.57 Å². The third kappa shape index (κ3) is 5.59. The molecule has 2 aliphatic heterocycles. The summed E-state index contributed by atoms with van der Waals surface area (Å²) in [4.78, 5) is 41.0. The minimum atomic E-state index is -0.415. The maximum Gasteiger partial charge on any atom is 0.294 e. The highest BCUT2D eigenvalue weighted by atomic mass is 127. The second kappa shape index (κ2) is 11.0. The summed E-state index contributed by atoms with van der Waals surface area (Å²) < 4.78 is 6.95. The van der Waals surface area contributed by atoms with Gasteiger partial charge in [0.2, 0.25) is 5.91 Å². The van der Waals surface area contributed by atoms with E-state index in [-0.39, 0.29) is 12.5 Å². The van der Waals surface area contributed by atoms with Crippen molar-refractivity contribution in [1.29, 1.82) is 0 Å². The zero-order valence-corrected chi connectivity index (χ0v) is 22.6. The molecule has 2 fully saturated rings. The van der Waals surface area contributed by atoms with Gasteiger partial charge in [-0.15, -0.1) is 0 Å². The molecular formula is C28H25IN2O4S. The van der Waals surface area contributed by atoms with E-state index in [1.807, 2.05) is 30.3 Å². The molecule has 2 aliphatic rings. The first-order valence-corrected chi connectivity index (χ1v) is 13.8. The van der Waals surface area contributed by atoms with E-state index in [2.05, 4.69) is 52.9 Å². The van der Waals surface area contributed by atoms with Crippen molar-refractivity contribution >= 4 is 68.3 Å². The molecule has 184 valence electrons. The standard InChI is InChI=1S/C28H25IN2O4S/c29-23-15-19(9-11-24(23)35-18-20-8-10-21-6-2-3-7-22(21)14-20)16-25-27(33)31(28(34)36-25)17-26(32)30-12-4-1-5-13-30/h2-3,6-11,14-16H,1,4-5,12-13,17-18H2/b25-16-. The van der Waals surface area contributed by atoms with E-state index in [4.69, 9.17) is 4.74 Å². The molecule has 5 rings (SSSR count). The number of carbonyl (C=O) groups excluding carboxylic acids is 3. The predicted octanol–water partition coefficient (Wildman–Crippen LogP) is 6.07. The Kier molecular flexibility index (Phi) is 7.62. The topological polar surface area (TPSA) is 66.9 Å². The Balaban J connectivity index is 1.23. The van der Waals surface area contributed by atoms with Gasteiger partial charge < -0.3 is 9.64 Å². The van der Waals surface area contributed by atoms with Gasteiger partial charge in [0, 0.05) is 13.1 Å². The van der Waals surface area contributed by atoms with Crippen molar-refractivity contribution in [2.45, 2.75) is 25.9 Å². The molecular weight excluding hydrogens is 587 g/mol. The molecule has 3 aromatic rings. The zero-order chi connectivity index (χ0) is 25.1. The monoisotopic (exact) mass is 612 g/mol. The van der Waals surface area contributed by atoms with Gasteiger partial charge in [-0.3, -0.25) is 19.3 Å². The second-order valence-corrected chi connectivity index (χ2v) is 11.0. The average Bonchev–Trinajstić information content (AvgIpc) is 3.15. The summed E-state index contributed by atoms with van der Waals surface area (Å²) in [6.07, 6.45) is 4.74. The number of likely N-dealkylation sites (tertiary alicyclic amines) is 1. The molecule has 0 bridgehead atoms. The summed E-state index contributed by atoms with van der Waals surface area (Å²) in [6, 6.07) is 20.2. The molecule has 0 N–H and O–H groups in total. The fraction of sp³-hybridized carbons (Fsp3) is 0.250. The Hall–Kier alpha value is -2.85. The lowest BCUT2D eigenvalue weighted by Crippen LogP contribution is -2.44. The lowest BCUT2D eigenvalue weighted by molar-refractivity contribution is -0.136. The number of ether oxygens (including phenoxy) is 1. The summed E-state index contributed by atoms with van der Waals surface area (Å²) >= 11 is 3.09. The maximum absolute atomic E-state index is 12.9. The SMILES string of the molecule is O=C(CN1C(=O)S/C(=C\c2ccc(OCc3ccc4ccccc4c3)c(I)c2)C1=O)N1CCCCC1. The molecule has 0 aromatic heterocycles. The number of carbonyl (C=O) groups is 3. The van der Waals surface area contributed by atoms with Gasteiger partial charge in [0.1, 0.15) is 18.9 Å². The molecule has 0 unspecified atom stereocenters. The van der Waals surface area contributed by atoms with Crippen LogP contribution in [0.15, 0.2) is 65.6 Å². The lowest BCUT2D eigenvalue weighted by atomic mass is 10.1. The van der Waals surface area contributed by atoms with Crippen LogP contribution in [0.2, 0.25) is 0 Å². The van der Waals surface area contributed by atoms with Crippen molar-refractivity contribution in [2.24, 2.45) is 0 Å². The van der Waals surface area contributed by atoms with E-state index in [9.17, 15) is 14.4 Å². The van der Waals surface area contributed by atoms with Crippen molar-refractivity contribution < 1.29 is 19.1 Å². The van der Waals surface area contributed by atoms with Crippen LogP contribution < -0.4 is 4.74 Å². The van der Waals surface area contributed by atoms with Crippen LogP contribution in [0.5, 0.6) is 5.75 Å². The number of halogens is 1. The fourth-order valence-corrected chi connectivity index (χ4v) is 5.91. The number of imide groups is 1. The minimum Gasteiger partial charge on any atom is -0.488 e. The van der Waals surface area contributed by atoms with Gasteiger partial charge in [-0.25, -0.2) is 0 Å². The van der Waals surface area contributed by atoms with Crippen LogP contribution in [0.4, 0.5) is 4.79 Å². The Labute approximate surface area is 227 Å². The van der Waals surface area contributed by atoms with Gasteiger partial charge in [-0.2, -0.15) is 0 Å². The summed E-state index contributed by atoms with van der Waals surface area (Å²) in [7, 11) is 0. The Bertz CT molecular complexity index is 1370. The molecule has 2 saturated heterocycles.